The molecule has 0 spiro atoms. The quantitative estimate of drug-likeness (QED) is 0.540. The van der Waals surface area contributed by atoms with Gasteiger partial charge in [0.15, 0.2) is 0 Å². The number of aryl methyl sites for hydroxylation is 1. The van der Waals surface area contributed by atoms with Crippen LogP contribution in [0.2, 0.25) is 0 Å². The Bertz CT molecular complexity index is 1010. The van der Waals surface area contributed by atoms with Gasteiger partial charge in [-0.05, 0) is 42.0 Å². The maximum atomic E-state index is 5.26. The summed E-state index contributed by atoms with van der Waals surface area (Å²) in [6, 6.07) is 22.6. The highest BCUT2D eigenvalue weighted by Gasteiger charge is 2.16. The standard InChI is InChI=1S/C21H19N3O/c1-3-24-22-20(16-11-13-17(25-2)14-12-16)21(23-24)19-10-6-8-15-7-4-5-9-18(15)19/h4-14H,3H2,1-2H3. The number of nitrogens with zero attached hydrogens (tertiary/aromatic N) is 3. The Hall–Kier alpha value is -3.14. The summed E-state index contributed by atoms with van der Waals surface area (Å²) in [5.41, 5.74) is 3.93. The first-order chi connectivity index (χ1) is 12.3. The van der Waals surface area contributed by atoms with Crippen LogP contribution < -0.4 is 4.74 Å². The normalized spacial score (nSPS) is 11.0. The van der Waals surface area contributed by atoms with Crippen molar-refractivity contribution < 1.29 is 4.74 Å². The lowest BCUT2D eigenvalue weighted by molar-refractivity contribution is 0.415. The van der Waals surface area contributed by atoms with E-state index in [1.54, 1.807) is 11.9 Å². The second-order valence-electron chi connectivity index (χ2n) is 5.84. The molecule has 1 heterocycles. The fourth-order valence-corrected chi connectivity index (χ4v) is 3.05. The third-order valence-electron chi connectivity index (χ3n) is 4.35. The Labute approximate surface area is 146 Å². The molecule has 4 nitrogen and oxygen atoms in total. The number of hydrogen-bond acceptors (Lipinski definition) is 3. The third-order valence-corrected chi connectivity index (χ3v) is 4.35. The summed E-state index contributed by atoms with van der Waals surface area (Å²) in [5.74, 6) is 0.832. The van der Waals surface area contributed by atoms with Crippen LogP contribution >= 0.6 is 0 Å². The van der Waals surface area contributed by atoms with Crippen molar-refractivity contribution in [3.63, 3.8) is 0 Å². The van der Waals surface area contributed by atoms with E-state index in [-0.39, 0.29) is 0 Å². The van der Waals surface area contributed by atoms with E-state index in [1.807, 2.05) is 31.2 Å². The Morgan fingerprint density at radius 3 is 2.32 bits per heavy atom. The number of hydrogen-bond donors (Lipinski definition) is 0. The van der Waals surface area contributed by atoms with Crippen LogP contribution in [0.3, 0.4) is 0 Å². The van der Waals surface area contributed by atoms with Crippen LogP contribution in [0.5, 0.6) is 5.75 Å². The second-order valence-corrected chi connectivity index (χ2v) is 5.84. The summed E-state index contributed by atoms with van der Waals surface area (Å²) in [4.78, 5) is 1.75. The molecular weight excluding hydrogens is 310 g/mol. The molecule has 0 unspecified atom stereocenters. The summed E-state index contributed by atoms with van der Waals surface area (Å²) in [6.45, 7) is 2.78. The van der Waals surface area contributed by atoms with E-state index < -0.39 is 0 Å². The molecule has 0 fully saturated rings. The van der Waals surface area contributed by atoms with E-state index in [0.29, 0.717) is 0 Å². The van der Waals surface area contributed by atoms with Crippen LogP contribution in [-0.4, -0.2) is 22.1 Å². The van der Waals surface area contributed by atoms with Gasteiger partial charge in [0.25, 0.3) is 0 Å². The van der Waals surface area contributed by atoms with Gasteiger partial charge in [0.1, 0.15) is 17.1 Å². The molecule has 0 atom stereocenters. The number of aromatic nitrogens is 3. The number of methoxy groups -OCH3 is 1. The minimum atomic E-state index is 0.730. The Morgan fingerprint density at radius 1 is 0.840 bits per heavy atom. The molecule has 0 bridgehead atoms. The fraction of sp³-hybridized carbons (Fsp3) is 0.143. The first kappa shape index (κ1) is 15.4. The van der Waals surface area contributed by atoms with Crippen LogP contribution in [0.4, 0.5) is 0 Å². The van der Waals surface area contributed by atoms with Crippen LogP contribution in [0, 0.1) is 0 Å². The van der Waals surface area contributed by atoms with Crippen molar-refractivity contribution in [1.82, 2.24) is 15.0 Å². The van der Waals surface area contributed by atoms with Gasteiger partial charge in [0.05, 0.1) is 13.7 Å². The highest BCUT2D eigenvalue weighted by molar-refractivity contribution is 5.98. The van der Waals surface area contributed by atoms with Gasteiger partial charge in [0.2, 0.25) is 0 Å². The highest BCUT2D eigenvalue weighted by atomic mass is 16.5. The molecule has 4 aromatic rings. The van der Waals surface area contributed by atoms with Gasteiger partial charge in [-0.15, -0.1) is 0 Å². The van der Waals surface area contributed by atoms with Gasteiger partial charge >= 0.3 is 0 Å². The van der Waals surface area contributed by atoms with Gasteiger partial charge in [-0.25, -0.2) is 0 Å². The molecule has 0 aliphatic rings. The molecule has 3 aromatic carbocycles. The van der Waals surface area contributed by atoms with Crippen molar-refractivity contribution in [2.24, 2.45) is 0 Å². The Morgan fingerprint density at radius 2 is 1.56 bits per heavy atom. The average Bonchev–Trinajstić information content (AvgIpc) is 3.12. The molecule has 1 aromatic heterocycles. The Kier molecular flexibility index (Phi) is 3.94. The van der Waals surface area contributed by atoms with E-state index in [4.69, 9.17) is 14.9 Å². The molecule has 0 aliphatic carbocycles. The van der Waals surface area contributed by atoms with E-state index >= 15 is 0 Å². The molecule has 0 saturated heterocycles. The zero-order valence-electron chi connectivity index (χ0n) is 14.3. The van der Waals surface area contributed by atoms with Crippen LogP contribution in [0.15, 0.2) is 66.7 Å². The lowest BCUT2D eigenvalue weighted by atomic mass is 9.99. The molecule has 0 N–H and O–H groups in total. The van der Waals surface area contributed by atoms with Crippen molar-refractivity contribution in [1.29, 1.82) is 0 Å². The zero-order valence-corrected chi connectivity index (χ0v) is 14.3. The zero-order chi connectivity index (χ0) is 17.2. The lowest BCUT2D eigenvalue weighted by Gasteiger charge is -2.06. The van der Waals surface area contributed by atoms with E-state index in [1.165, 1.54) is 10.8 Å². The number of ether oxygens (including phenoxy) is 1. The predicted octanol–water partition coefficient (Wildman–Crippen LogP) is 4.79. The summed E-state index contributed by atoms with van der Waals surface area (Å²) in [7, 11) is 1.67. The SMILES string of the molecule is CCn1nc(-c2ccc(OC)cc2)c(-c2cccc3ccccc23)n1. The topological polar surface area (TPSA) is 39.9 Å². The van der Waals surface area contributed by atoms with Gasteiger partial charge in [-0.1, -0.05) is 42.5 Å². The predicted molar refractivity (Wildman–Crippen MR) is 101 cm³/mol. The molecule has 0 saturated carbocycles. The molecule has 124 valence electrons. The maximum Gasteiger partial charge on any atom is 0.121 e. The first-order valence-electron chi connectivity index (χ1n) is 8.38. The molecule has 25 heavy (non-hydrogen) atoms. The largest absolute Gasteiger partial charge is 0.497 e. The van der Waals surface area contributed by atoms with Crippen LogP contribution in [0.1, 0.15) is 6.92 Å². The summed E-state index contributed by atoms with van der Waals surface area (Å²) in [6.07, 6.45) is 0. The Balaban J connectivity index is 1.93. The van der Waals surface area contributed by atoms with Crippen molar-refractivity contribution in [2.45, 2.75) is 13.5 Å². The third kappa shape index (κ3) is 2.76. The minimum absolute atomic E-state index is 0.730. The smallest absolute Gasteiger partial charge is 0.121 e. The van der Waals surface area contributed by atoms with Crippen molar-refractivity contribution in [3.8, 4) is 28.3 Å². The molecule has 0 aliphatic heterocycles. The van der Waals surface area contributed by atoms with Crippen molar-refractivity contribution in [3.05, 3.63) is 66.7 Å². The van der Waals surface area contributed by atoms with E-state index in [9.17, 15) is 0 Å². The number of fused-ring (bicyclic) bond motifs is 1. The maximum absolute atomic E-state index is 5.26. The first-order valence-corrected chi connectivity index (χ1v) is 8.38. The molecule has 4 heteroatoms. The van der Waals surface area contributed by atoms with Crippen LogP contribution in [0.25, 0.3) is 33.3 Å². The average molecular weight is 329 g/mol. The lowest BCUT2D eigenvalue weighted by Crippen LogP contribution is -1.98. The van der Waals surface area contributed by atoms with Gasteiger partial charge in [-0.3, -0.25) is 0 Å². The summed E-state index contributed by atoms with van der Waals surface area (Å²) < 4.78 is 5.26. The molecule has 0 amide bonds. The van der Waals surface area contributed by atoms with Crippen LogP contribution in [-0.2, 0) is 6.54 Å². The van der Waals surface area contributed by atoms with E-state index in [2.05, 4.69) is 42.5 Å². The molecule has 0 radical (unpaired) electrons. The van der Waals surface area contributed by atoms with Gasteiger partial charge in [-0.2, -0.15) is 15.0 Å². The summed E-state index contributed by atoms with van der Waals surface area (Å²) in [5, 5.41) is 11.8. The number of benzene rings is 3. The number of rotatable bonds is 4. The van der Waals surface area contributed by atoms with Gasteiger partial charge in [0, 0.05) is 11.1 Å². The fourth-order valence-electron chi connectivity index (χ4n) is 3.05. The molecular formula is C21H19N3O. The second kappa shape index (κ2) is 6.40. The minimum Gasteiger partial charge on any atom is -0.497 e. The van der Waals surface area contributed by atoms with Crippen molar-refractivity contribution >= 4 is 10.8 Å². The monoisotopic (exact) mass is 329 g/mol. The molecule has 4 rings (SSSR count). The van der Waals surface area contributed by atoms with Gasteiger partial charge < -0.3 is 4.74 Å². The summed E-state index contributed by atoms with van der Waals surface area (Å²) >= 11 is 0. The van der Waals surface area contributed by atoms with Crippen molar-refractivity contribution in [2.75, 3.05) is 7.11 Å². The highest BCUT2D eigenvalue weighted by Crippen LogP contribution is 2.34. The van der Waals surface area contributed by atoms with E-state index in [0.717, 1.165) is 34.8 Å².